The topological polar surface area (TPSA) is 35.5 Å². The van der Waals surface area contributed by atoms with Gasteiger partial charge in [-0.05, 0) is 44.2 Å². The Morgan fingerprint density at radius 1 is 1.00 bits per heavy atom. The minimum absolute atomic E-state index is 0.0768. The van der Waals surface area contributed by atoms with Crippen LogP contribution in [0.15, 0.2) is 42.5 Å². The summed E-state index contributed by atoms with van der Waals surface area (Å²) in [6.45, 7) is 4.19. The van der Waals surface area contributed by atoms with E-state index < -0.39 is 23.7 Å². The summed E-state index contributed by atoms with van der Waals surface area (Å²) in [6, 6.07) is 9.34. The Balaban J connectivity index is 2.50. The molecular formula is C18H18F2O3. The van der Waals surface area contributed by atoms with Crippen LogP contribution in [0.25, 0.3) is 0 Å². The fourth-order valence-electron chi connectivity index (χ4n) is 2.26. The van der Waals surface area contributed by atoms with Crippen LogP contribution in [0.3, 0.4) is 0 Å². The van der Waals surface area contributed by atoms with E-state index >= 15 is 0 Å². The van der Waals surface area contributed by atoms with Gasteiger partial charge in [-0.25, -0.2) is 8.78 Å². The molecule has 2 rings (SSSR count). The van der Waals surface area contributed by atoms with Crippen LogP contribution in [0.5, 0.6) is 0 Å². The second kappa shape index (κ2) is 7.94. The molecular weight excluding hydrogens is 302 g/mol. The van der Waals surface area contributed by atoms with Gasteiger partial charge in [0.2, 0.25) is 0 Å². The normalized spacial score (nSPS) is 11.0. The molecule has 0 atom stereocenters. The molecule has 0 heterocycles. The molecule has 2 aromatic rings. The fraction of sp³-hybridized carbons (Fsp3) is 0.278. The Bertz CT molecular complexity index is 680. The molecule has 0 saturated heterocycles. The van der Waals surface area contributed by atoms with Crippen LogP contribution in [0.1, 0.15) is 41.6 Å². The molecule has 122 valence electrons. The first-order valence-electron chi connectivity index (χ1n) is 7.40. The standard InChI is InChI=1S/C18H18F2O3/c1-3-22-18(23-4-2)15-11-12(19)9-10-13(15)17(21)14-7-5-6-8-16(14)20/h5-11,18H,3-4H2,1-2H3. The number of carbonyl (C=O) groups is 1. The zero-order valence-corrected chi connectivity index (χ0v) is 13.0. The summed E-state index contributed by atoms with van der Waals surface area (Å²) in [5, 5.41) is 0. The van der Waals surface area contributed by atoms with Gasteiger partial charge in [0, 0.05) is 24.3 Å². The van der Waals surface area contributed by atoms with Crippen LogP contribution >= 0.6 is 0 Å². The summed E-state index contributed by atoms with van der Waals surface area (Å²) >= 11 is 0. The molecule has 0 aromatic heterocycles. The van der Waals surface area contributed by atoms with Crippen molar-refractivity contribution in [1.82, 2.24) is 0 Å². The predicted octanol–water partition coefficient (Wildman–Crippen LogP) is 4.27. The van der Waals surface area contributed by atoms with Gasteiger partial charge >= 0.3 is 0 Å². The highest BCUT2D eigenvalue weighted by Gasteiger charge is 2.23. The molecule has 0 unspecified atom stereocenters. The van der Waals surface area contributed by atoms with Gasteiger partial charge in [0.05, 0.1) is 5.56 Å². The lowest BCUT2D eigenvalue weighted by molar-refractivity contribution is -0.140. The Hall–Kier alpha value is -2.11. The van der Waals surface area contributed by atoms with Crippen molar-refractivity contribution in [3.63, 3.8) is 0 Å². The summed E-state index contributed by atoms with van der Waals surface area (Å²) in [4.78, 5) is 12.6. The zero-order valence-electron chi connectivity index (χ0n) is 13.0. The van der Waals surface area contributed by atoms with E-state index in [-0.39, 0.29) is 16.7 Å². The van der Waals surface area contributed by atoms with Crippen LogP contribution in [0.2, 0.25) is 0 Å². The SMILES string of the molecule is CCOC(OCC)c1cc(F)ccc1C(=O)c1ccccc1F. The van der Waals surface area contributed by atoms with E-state index in [1.165, 1.54) is 30.3 Å². The van der Waals surface area contributed by atoms with Gasteiger partial charge in [-0.15, -0.1) is 0 Å². The lowest BCUT2D eigenvalue weighted by atomic mass is 9.97. The average molecular weight is 320 g/mol. The van der Waals surface area contributed by atoms with Crippen LogP contribution in [0, 0.1) is 11.6 Å². The van der Waals surface area contributed by atoms with Gasteiger partial charge in [-0.2, -0.15) is 0 Å². The maximum Gasteiger partial charge on any atom is 0.196 e. The number of hydrogen-bond donors (Lipinski definition) is 0. The molecule has 23 heavy (non-hydrogen) atoms. The summed E-state index contributed by atoms with van der Waals surface area (Å²) in [6.07, 6.45) is -0.883. The quantitative estimate of drug-likeness (QED) is 0.564. The van der Waals surface area contributed by atoms with Gasteiger partial charge in [0.15, 0.2) is 12.1 Å². The van der Waals surface area contributed by atoms with Crippen LogP contribution < -0.4 is 0 Å². The summed E-state index contributed by atoms with van der Waals surface area (Å²) in [5.41, 5.74) is 0.331. The van der Waals surface area contributed by atoms with Crippen molar-refractivity contribution < 1.29 is 23.0 Å². The van der Waals surface area contributed by atoms with Crippen molar-refractivity contribution in [3.8, 4) is 0 Å². The Labute approximate surface area is 133 Å². The second-order valence-electron chi connectivity index (χ2n) is 4.78. The Morgan fingerprint density at radius 2 is 1.65 bits per heavy atom. The number of benzene rings is 2. The minimum Gasteiger partial charge on any atom is -0.349 e. The first-order chi connectivity index (χ1) is 11.1. The maximum absolute atomic E-state index is 13.9. The third-order valence-corrected chi connectivity index (χ3v) is 3.27. The summed E-state index contributed by atoms with van der Waals surface area (Å²) in [5.74, 6) is -1.69. The molecule has 0 saturated carbocycles. The highest BCUT2D eigenvalue weighted by molar-refractivity contribution is 6.10. The lowest BCUT2D eigenvalue weighted by Crippen LogP contribution is -2.15. The largest absolute Gasteiger partial charge is 0.349 e. The first-order valence-corrected chi connectivity index (χ1v) is 7.40. The molecule has 0 bridgehead atoms. The van der Waals surface area contributed by atoms with Crippen LogP contribution in [-0.2, 0) is 9.47 Å². The van der Waals surface area contributed by atoms with Gasteiger partial charge < -0.3 is 9.47 Å². The van der Waals surface area contributed by atoms with Gasteiger partial charge in [0.1, 0.15) is 11.6 Å². The van der Waals surface area contributed by atoms with E-state index in [2.05, 4.69) is 0 Å². The Kier molecular flexibility index (Phi) is 5.96. The van der Waals surface area contributed by atoms with Crippen molar-refractivity contribution in [3.05, 3.63) is 70.8 Å². The molecule has 2 aromatic carbocycles. The molecule has 0 aliphatic heterocycles. The summed E-state index contributed by atoms with van der Waals surface area (Å²) in [7, 11) is 0. The third-order valence-electron chi connectivity index (χ3n) is 3.27. The second-order valence-corrected chi connectivity index (χ2v) is 4.78. The van der Waals surface area contributed by atoms with Crippen molar-refractivity contribution in [2.45, 2.75) is 20.1 Å². The molecule has 0 spiro atoms. The molecule has 3 nitrogen and oxygen atoms in total. The van der Waals surface area contributed by atoms with Crippen molar-refractivity contribution in [2.24, 2.45) is 0 Å². The van der Waals surface area contributed by atoms with E-state index in [1.807, 2.05) is 0 Å². The van der Waals surface area contributed by atoms with E-state index in [9.17, 15) is 13.6 Å². The van der Waals surface area contributed by atoms with E-state index in [0.29, 0.717) is 13.2 Å². The number of carbonyl (C=O) groups excluding carboxylic acids is 1. The molecule has 0 amide bonds. The molecule has 0 radical (unpaired) electrons. The molecule has 0 N–H and O–H groups in total. The van der Waals surface area contributed by atoms with E-state index in [0.717, 1.165) is 6.07 Å². The number of rotatable bonds is 7. The number of ketones is 1. The smallest absolute Gasteiger partial charge is 0.196 e. The van der Waals surface area contributed by atoms with Gasteiger partial charge in [0.25, 0.3) is 0 Å². The lowest BCUT2D eigenvalue weighted by Gasteiger charge is -2.20. The van der Waals surface area contributed by atoms with Crippen LogP contribution in [-0.4, -0.2) is 19.0 Å². The summed E-state index contributed by atoms with van der Waals surface area (Å²) < 4.78 is 38.4. The van der Waals surface area contributed by atoms with Gasteiger partial charge in [-0.1, -0.05) is 12.1 Å². The number of hydrogen-bond acceptors (Lipinski definition) is 3. The molecule has 5 heteroatoms. The molecule has 0 aliphatic rings. The van der Waals surface area contributed by atoms with Crippen molar-refractivity contribution in [2.75, 3.05) is 13.2 Å². The van der Waals surface area contributed by atoms with Crippen molar-refractivity contribution >= 4 is 5.78 Å². The predicted molar refractivity (Wildman–Crippen MR) is 82.2 cm³/mol. The highest BCUT2D eigenvalue weighted by Crippen LogP contribution is 2.26. The van der Waals surface area contributed by atoms with Crippen molar-refractivity contribution in [1.29, 1.82) is 0 Å². The average Bonchev–Trinajstić information content (AvgIpc) is 2.54. The van der Waals surface area contributed by atoms with E-state index in [4.69, 9.17) is 9.47 Å². The zero-order chi connectivity index (χ0) is 16.8. The fourth-order valence-corrected chi connectivity index (χ4v) is 2.26. The molecule has 0 aliphatic carbocycles. The Morgan fingerprint density at radius 3 is 2.26 bits per heavy atom. The number of halogens is 2. The highest BCUT2D eigenvalue weighted by atomic mass is 19.1. The molecule has 0 fully saturated rings. The first kappa shape index (κ1) is 17.2. The number of ether oxygens (including phenoxy) is 2. The third kappa shape index (κ3) is 4.00. The minimum atomic E-state index is -0.883. The van der Waals surface area contributed by atoms with Crippen LogP contribution in [0.4, 0.5) is 8.78 Å². The van der Waals surface area contributed by atoms with Gasteiger partial charge in [-0.3, -0.25) is 4.79 Å². The maximum atomic E-state index is 13.9. The van der Waals surface area contributed by atoms with E-state index in [1.54, 1.807) is 19.9 Å². The monoisotopic (exact) mass is 320 g/mol.